The number of ether oxygens (including phenoxy) is 2. The van der Waals surface area contributed by atoms with Crippen LogP contribution in [0.15, 0.2) is 30.4 Å². The summed E-state index contributed by atoms with van der Waals surface area (Å²) in [7, 11) is 0. The summed E-state index contributed by atoms with van der Waals surface area (Å²) in [6, 6.07) is 6.88. The molecule has 5 nitrogen and oxygen atoms in total. The van der Waals surface area contributed by atoms with Crippen molar-refractivity contribution in [1.29, 1.82) is 0 Å². The van der Waals surface area contributed by atoms with Gasteiger partial charge in [0.2, 0.25) is 0 Å². The summed E-state index contributed by atoms with van der Waals surface area (Å²) < 4.78 is 10.5. The largest absolute Gasteiger partial charge is 0.462 e. The van der Waals surface area contributed by atoms with Crippen molar-refractivity contribution >= 4 is 11.9 Å². The van der Waals surface area contributed by atoms with Crippen LogP contribution in [0, 0.1) is 11.3 Å². The van der Waals surface area contributed by atoms with Gasteiger partial charge in [-0.15, -0.1) is 0 Å². The molecule has 0 spiro atoms. The highest BCUT2D eigenvalue weighted by molar-refractivity contribution is 5.86. The Labute approximate surface area is 192 Å². The fraction of sp³-hybridized carbons (Fsp3) is 0.630. The maximum atomic E-state index is 13.3. The van der Waals surface area contributed by atoms with Crippen LogP contribution in [0.1, 0.15) is 82.9 Å². The van der Waals surface area contributed by atoms with Crippen molar-refractivity contribution in [2.24, 2.45) is 11.3 Å². The van der Waals surface area contributed by atoms with Crippen LogP contribution in [0.5, 0.6) is 0 Å². The van der Waals surface area contributed by atoms with Gasteiger partial charge >= 0.3 is 11.9 Å². The molecule has 0 radical (unpaired) electrons. The molecule has 4 unspecified atom stereocenters. The first kappa shape index (κ1) is 24.5. The van der Waals surface area contributed by atoms with Gasteiger partial charge in [-0.3, -0.25) is 4.79 Å². The normalized spacial score (nSPS) is 27.8. The van der Waals surface area contributed by atoms with Crippen LogP contribution in [0.4, 0.5) is 0 Å². The summed E-state index contributed by atoms with van der Waals surface area (Å²) in [4.78, 5) is 24.8. The van der Waals surface area contributed by atoms with Crippen LogP contribution < -0.4 is 0 Å². The minimum absolute atomic E-state index is 0.0647. The first-order valence-corrected chi connectivity index (χ1v) is 11.8. The number of rotatable bonds is 7. The second kappa shape index (κ2) is 9.38. The average molecular weight is 443 g/mol. The van der Waals surface area contributed by atoms with E-state index in [1.165, 1.54) is 16.7 Å². The van der Waals surface area contributed by atoms with Gasteiger partial charge < -0.3 is 14.6 Å². The number of hydrogen-bond donors (Lipinski definition) is 1. The van der Waals surface area contributed by atoms with Gasteiger partial charge in [0.1, 0.15) is 19.3 Å². The van der Waals surface area contributed by atoms with E-state index in [-0.39, 0.29) is 36.1 Å². The first-order valence-electron chi connectivity index (χ1n) is 11.8. The minimum atomic E-state index is -1.05. The van der Waals surface area contributed by atoms with E-state index in [1.807, 2.05) is 6.92 Å². The van der Waals surface area contributed by atoms with Crippen molar-refractivity contribution in [3.05, 3.63) is 47.0 Å². The van der Waals surface area contributed by atoms with Crippen molar-refractivity contribution in [3.63, 3.8) is 0 Å². The van der Waals surface area contributed by atoms with Gasteiger partial charge in [-0.1, -0.05) is 52.0 Å². The van der Waals surface area contributed by atoms with E-state index in [9.17, 15) is 14.7 Å². The number of aryl methyl sites for hydroxylation is 1. The summed E-state index contributed by atoms with van der Waals surface area (Å²) in [5.41, 5.74) is 3.76. The van der Waals surface area contributed by atoms with Gasteiger partial charge in [0.05, 0.1) is 5.41 Å². The molecule has 2 aliphatic carbocycles. The zero-order chi connectivity index (χ0) is 23.7. The molecular formula is C27H38O5. The number of esters is 2. The Bertz CT molecular complexity index is 888. The fourth-order valence-corrected chi connectivity index (χ4v) is 5.79. The van der Waals surface area contributed by atoms with Crippen LogP contribution >= 0.6 is 0 Å². The lowest BCUT2D eigenvalue weighted by Crippen LogP contribution is -2.53. The number of benzene rings is 1. The average Bonchev–Trinajstić information content (AvgIpc) is 2.74. The number of aliphatic hydroxyl groups is 1. The molecule has 1 saturated carbocycles. The van der Waals surface area contributed by atoms with Gasteiger partial charge in [-0.2, -0.15) is 0 Å². The topological polar surface area (TPSA) is 72.8 Å². The van der Waals surface area contributed by atoms with Gasteiger partial charge in [0.15, 0.2) is 0 Å². The Kier molecular flexibility index (Phi) is 7.18. The summed E-state index contributed by atoms with van der Waals surface area (Å²) in [5, 5.41) is 10.1. The number of hydrogen-bond acceptors (Lipinski definition) is 5. The zero-order valence-corrected chi connectivity index (χ0v) is 20.2. The summed E-state index contributed by atoms with van der Waals surface area (Å²) >= 11 is 0. The molecule has 1 N–H and O–H groups in total. The summed E-state index contributed by atoms with van der Waals surface area (Å²) in [5.74, 6) is -0.140. The monoisotopic (exact) mass is 442 g/mol. The van der Waals surface area contributed by atoms with Gasteiger partial charge in [-0.05, 0) is 73.5 Å². The third kappa shape index (κ3) is 4.63. The van der Waals surface area contributed by atoms with E-state index in [0.717, 1.165) is 32.1 Å². The molecule has 176 valence electrons. The van der Waals surface area contributed by atoms with Crippen molar-refractivity contribution in [2.75, 3.05) is 13.2 Å². The molecule has 0 heterocycles. The van der Waals surface area contributed by atoms with Crippen molar-refractivity contribution in [1.82, 2.24) is 0 Å². The van der Waals surface area contributed by atoms with E-state index >= 15 is 0 Å². The minimum Gasteiger partial charge on any atom is -0.462 e. The molecule has 0 saturated heterocycles. The number of carbonyl (C=O) groups excluding carboxylic acids is 2. The van der Waals surface area contributed by atoms with E-state index in [4.69, 9.17) is 9.47 Å². The third-order valence-corrected chi connectivity index (χ3v) is 7.67. The molecule has 0 aliphatic heterocycles. The van der Waals surface area contributed by atoms with Crippen LogP contribution in [-0.2, 0) is 30.9 Å². The second-order valence-corrected chi connectivity index (χ2v) is 10.5. The third-order valence-electron chi connectivity index (χ3n) is 7.67. The molecule has 0 amide bonds. The standard InChI is InChI=1S/C27H38O5/c1-17(2)19-8-10-22-20(14-19)9-11-23-26(22,5)12-7-13-27(23,6)25(30)32-16-21(28)15-31-24(29)18(3)4/h8,10,14,17,21,23,28H,3,7,9,11-13,15-16H2,1-2,4-6H3. The van der Waals surface area contributed by atoms with Crippen LogP contribution in [0.3, 0.4) is 0 Å². The quantitative estimate of drug-likeness (QED) is 0.483. The van der Waals surface area contributed by atoms with Gasteiger partial charge in [0.25, 0.3) is 0 Å². The Morgan fingerprint density at radius 1 is 1.19 bits per heavy atom. The SMILES string of the molecule is C=C(C)C(=O)OCC(O)COC(=O)C1(C)CCCC2(C)c3ccc(C(C)C)cc3CCC12. The molecule has 1 fully saturated rings. The van der Waals surface area contributed by atoms with Crippen molar-refractivity contribution in [2.45, 2.75) is 84.2 Å². The molecule has 3 rings (SSSR count). The highest BCUT2D eigenvalue weighted by Gasteiger charge is 2.55. The van der Waals surface area contributed by atoms with Gasteiger partial charge in [-0.25, -0.2) is 4.79 Å². The second-order valence-electron chi connectivity index (χ2n) is 10.5. The van der Waals surface area contributed by atoms with E-state index < -0.39 is 17.5 Å². The summed E-state index contributed by atoms with van der Waals surface area (Å²) in [6.07, 6.45) is 3.68. The molecule has 0 aromatic heterocycles. The lowest BCUT2D eigenvalue weighted by molar-refractivity contribution is -0.168. The zero-order valence-electron chi connectivity index (χ0n) is 20.2. The molecule has 1 aromatic carbocycles. The van der Waals surface area contributed by atoms with E-state index in [0.29, 0.717) is 5.92 Å². The smallest absolute Gasteiger partial charge is 0.333 e. The predicted molar refractivity (Wildman–Crippen MR) is 124 cm³/mol. The predicted octanol–water partition coefficient (Wildman–Crippen LogP) is 4.84. The molecule has 5 heteroatoms. The van der Waals surface area contributed by atoms with Crippen molar-refractivity contribution in [3.8, 4) is 0 Å². The highest BCUT2D eigenvalue weighted by atomic mass is 16.6. The fourth-order valence-electron chi connectivity index (χ4n) is 5.79. The molecule has 2 aliphatic rings. The molecular weight excluding hydrogens is 404 g/mol. The Hall–Kier alpha value is -2.14. The van der Waals surface area contributed by atoms with Crippen LogP contribution in [0.2, 0.25) is 0 Å². The number of fused-ring (bicyclic) bond motifs is 3. The molecule has 32 heavy (non-hydrogen) atoms. The molecule has 4 atom stereocenters. The maximum absolute atomic E-state index is 13.3. The molecule has 0 bridgehead atoms. The van der Waals surface area contributed by atoms with E-state index in [1.54, 1.807) is 6.92 Å². The highest BCUT2D eigenvalue weighted by Crippen LogP contribution is 2.57. The van der Waals surface area contributed by atoms with Crippen LogP contribution in [0.25, 0.3) is 0 Å². The lowest BCUT2D eigenvalue weighted by Gasteiger charge is -2.54. The maximum Gasteiger partial charge on any atom is 0.333 e. The number of aliphatic hydroxyl groups excluding tert-OH is 1. The van der Waals surface area contributed by atoms with Crippen LogP contribution in [-0.4, -0.2) is 36.4 Å². The Morgan fingerprint density at radius 2 is 1.88 bits per heavy atom. The first-order chi connectivity index (χ1) is 15.0. The van der Waals surface area contributed by atoms with E-state index in [2.05, 4.69) is 45.5 Å². The van der Waals surface area contributed by atoms with Gasteiger partial charge in [0, 0.05) is 5.57 Å². The number of carbonyl (C=O) groups is 2. The van der Waals surface area contributed by atoms with Crippen molar-refractivity contribution < 1.29 is 24.2 Å². The summed E-state index contributed by atoms with van der Waals surface area (Å²) in [6.45, 7) is 13.4. The lowest BCUT2D eigenvalue weighted by atomic mass is 9.49. The Morgan fingerprint density at radius 3 is 2.53 bits per heavy atom. The Balaban J connectivity index is 1.72. The molecule has 1 aromatic rings.